The molecule has 0 amide bonds. The summed E-state index contributed by atoms with van der Waals surface area (Å²) in [6, 6.07) is 5.51. The molecule has 0 spiro atoms. The van der Waals surface area contributed by atoms with Gasteiger partial charge in [-0.2, -0.15) is 0 Å². The first-order valence-corrected chi connectivity index (χ1v) is 7.08. The molecule has 2 unspecified atom stereocenters. The Balaban J connectivity index is 2.01. The van der Waals surface area contributed by atoms with Crippen molar-refractivity contribution in [2.45, 2.75) is 38.1 Å². The first-order valence-electron chi connectivity index (χ1n) is 7.08. The smallest absolute Gasteiger partial charge is 0.136 e. The van der Waals surface area contributed by atoms with Crippen molar-refractivity contribution in [2.24, 2.45) is 11.7 Å². The number of benzene rings is 1. The molecule has 1 aromatic carbocycles. The highest BCUT2D eigenvalue weighted by Gasteiger charge is 2.36. The van der Waals surface area contributed by atoms with Crippen molar-refractivity contribution in [2.75, 3.05) is 11.4 Å². The number of anilines is 1. The highest BCUT2D eigenvalue weighted by atomic mass is 19.1. The Morgan fingerprint density at radius 3 is 2.84 bits per heavy atom. The number of rotatable bonds is 2. The van der Waals surface area contributed by atoms with E-state index in [1.165, 1.54) is 31.7 Å². The van der Waals surface area contributed by atoms with E-state index in [-0.39, 0.29) is 17.2 Å². The van der Waals surface area contributed by atoms with Gasteiger partial charge in [0.15, 0.2) is 0 Å². The lowest BCUT2D eigenvalue weighted by Crippen LogP contribution is -2.43. The number of hydrogen-bond donors (Lipinski definition) is 2. The molecule has 0 radical (unpaired) electrons. The Bertz CT molecular complexity index is 500. The molecule has 102 valence electrons. The number of fused-ring (bicyclic) bond motifs is 1. The van der Waals surface area contributed by atoms with Gasteiger partial charge in [-0.1, -0.05) is 12.5 Å². The third kappa shape index (κ3) is 2.09. The van der Waals surface area contributed by atoms with Crippen LogP contribution in [0.25, 0.3) is 0 Å². The Morgan fingerprint density at radius 1 is 1.26 bits per heavy atom. The largest absolute Gasteiger partial charge is 0.384 e. The van der Waals surface area contributed by atoms with Crippen LogP contribution in [0.2, 0.25) is 0 Å². The van der Waals surface area contributed by atoms with Crippen LogP contribution in [0.3, 0.4) is 0 Å². The highest BCUT2D eigenvalue weighted by Crippen LogP contribution is 2.40. The minimum absolute atomic E-state index is 0.173. The Labute approximate surface area is 113 Å². The molecule has 2 atom stereocenters. The van der Waals surface area contributed by atoms with Crippen molar-refractivity contribution in [1.29, 1.82) is 5.41 Å². The number of nitrogens with one attached hydrogen (secondary N) is 1. The fraction of sp³-hybridized carbons (Fsp3) is 0.533. The van der Waals surface area contributed by atoms with E-state index in [4.69, 9.17) is 11.1 Å². The van der Waals surface area contributed by atoms with Crippen LogP contribution in [0, 0.1) is 17.1 Å². The zero-order chi connectivity index (χ0) is 13.4. The second-order valence-electron chi connectivity index (χ2n) is 5.64. The molecule has 1 aliphatic carbocycles. The van der Waals surface area contributed by atoms with E-state index >= 15 is 0 Å². The zero-order valence-corrected chi connectivity index (χ0v) is 11.0. The van der Waals surface area contributed by atoms with E-state index in [0.717, 1.165) is 24.6 Å². The van der Waals surface area contributed by atoms with Gasteiger partial charge < -0.3 is 10.6 Å². The molecule has 4 heteroatoms. The van der Waals surface area contributed by atoms with E-state index in [1.54, 1.807) is 6.07 Å². The van der Waals surface area contributed by atoms with E-state index in [0.29, 0.717) is 6.04 Å². The summed E-state index contributed by atoms with van der Waals surface area (Å²) >= 11 is 0. The number of nitrogen functional groups attached to an aromatic ring is 1. The van der Waals surface area contributed by atoms with Gasteiger partial charge in [0.25, 0.3) is 0 Å². The summed E-state index contributed by atoms with van der Waals surface area (Å²) in [5.74, 6) is 0.176. The topological polar surface area (TPSA) is 53.1 Å². The van der Waals surface area contributed by atoms with Gasteiger partial charge in [-0.25, -0.2) is 4.39 Å². The molecule has 2 aliphatic rings. The molecule has 19 heavy (non-hydrogen) atoms. The molecule has 1 aliphatic heterocycles. The van der Waals surface area contributed by atoms with Crippen molar-refractivity contribution >= 4 is 11.5 Å². The Hall–Kier alpha value is -1.58. The maximum atomic E-state index is 14.0. The number of amidine groups is 1. The lowest BCUT2D eigenvalue weighted by molar-refractivity contribution is 0.362. The van der Waals surface area contributed by atoms with Crippen LogP contribution in [0.5, 0.6) is 0 Å². The lowest BCUT2D eigenvalue weighted by Gasteiger charge is -2.40. The third-order valence-electron chi connectivity index (χ3n) is 4.56. The van der Waals surface area contributed by atoms with E-state index in [9.17, 15) is 4.39 Å². The van der Waals surface area contributed by atoms with Crippen molar-refractivity contribution in [3.8, 4) is 0 Å². The number of nitrogens with two attached hydrogens (primary N) is 1. The van der Waals surface area contributed by atoms with Crippen LogP contribution in [0.4, 0.5) is 10.1 Å². The summed E-state index contributed by atoms with van der Waals surface area (Å²) in [6.45, 7) is 0.949. The Kier molecular flexibility index (Phi) is 3.17. The number of hydrogen-bond acceptors (Lipinski definition) is 2. The third-order valence-corrected chi connectivity index (χ3v) is 4.56. The summed E-state index contributed by atoms with van der Waals surface area (Å²) in [4.78, 5) is 2.29. The summed E-state index contributed by atoms with van der Waals surface area (Å²) in [6.07, 6.45) is 6.15. The van der Waals surface area contributed by atoms with Crippen molar-refractivity contribution in [3.63, 3.8) is 0 Å². The molecule has 3 rings (SSSR count). The SMILES string of the molecule is N=C(N)c1c(F)cccc1N1CCCC2CCCC21. The minimum Gasteiger partial charge on any atom is -0.384 e. The van der Waals surface area contributed by atoms with Crippen LogP contribution < -0.4 is 10.6 Å². The molecule has 3 nitrogen and oxygen atoms in total. The van der Waals surface area contributed by atoms with Gasteiger partial charge in [-0.05, 0) is 43.7 Å². The molecule has 2 fully saturated rings. The predicted octanol–water partition coefficient (Wildman–Crippen LogP) is 2.88. The van der Waals surface area contributed by atoms with Crippen molar-refractivity contribution in [3.05, 3.63) is 29.6 Å². The summed E-state index contributed by atoms with van der Waals surface area (Å²) in [5, 5.41) is 7.64. The van der Waals surface area contributed by atoms with Gasteiger partial charge in [0.1, 0.15) is 11.7 Å². The van der Waals surface area contributed by atoms with Crippen LogP contribution in [0.1, 0.15) is 37.7 Å². The molecule has 0 bridgehead atoms. The van der Waals surface area contributed by atoms with Crippen molar-refractivity contribution in [1.82, 2.24) is 0 Å². The van der Waals surface area contributed by atoms with Crippen LogP contribution >= 0.6 is 0 Å². The molecule has 1 heterocycles. The van der Waals surface area contributed by atoms with Gasteiger partial charge in [0.05, 0.1) is 11.3 Å². The maximum absolute atomic E-state index is 14.0. The van der Waals surface area contributed by atoms with E-state index in [2.05, 4.69) is 4.90 Å². The standard InChI is InChI=1S/C15H20FN3/c16-11-6-2-8-13(14(11)15(17)18)19-9-3-5-10-4-1-7-12(10)19/h2,6,8,10,12H,1,3-5,7,9H2,(H3,17,18). The zero-order valence-electron chi connectivity index (χ0n) is 11.0. The monoisotopic (exact) mass is 261 g/mol. The van der Waals surface area contributed by atoms with Gasteiger partial charge in [-0.3, -0.25) is 5.41 Å². The first kappa shape index (κ1) is 12.5. The molecular formula is C15H20FN3. The highest BCUT2D eigenvalue weighted by molar-refractivity contribution is 6.00. The lowest BCUT2D eigenvalue weighted by atomic mass is 9.91. The second kappa shape index (κ2) is 4.83. The fourth-order valence-electron chi connectivity index (χ4n) is 3.77. The van der Waals surface area contributed by atoms with Crippen LogP contribution in [-0.4, -0.2) is 18.4 Å². The first-order chi connectivity index (χ1) is 9.18. The average Bonchev–Trinajstić information content (AvgIpc) is 2.85. The minimum atomic E-state index is -0.384. The van der Waals surface area contributed by atoms with Gasteiger partial charge in [0, 0.05) is 12.6 Å². The van der Waals surface area contributed by atoms with Crippen LogP contribution in [0.15, 0.2) is 18.2 Å². The normalized spacial score (nSPS) is 26.3. The molecule has 3 N–H and O–H groups in total. The molecular weight excluding hydrogens is 241 g/mol. The summed E-state index contributed by atoms with van der Waals surface area (Å²) in [5.41, 5.74) is 6.66. The van der Waals surface area contributed by atoms with Gasteiger partial charge >= 0.3 is 0 Å². The van der Waals surface area contributed by atoms with Crippen LogP contribution in [-0.2, 0) is 0 Å². The average molecular weight is 261 g/mol. The second-order valence-corrected chi connectivity index (χ2v) is 5.64. The molecule has 1 saturated carbocycles. The van der Waals surface area contributed by atoms with E-state index in [1.807, 2.05) is 6.07 Å². The number of halogens is 1. The number of nitrogens with zero attached hydrogens (tertiary/aromatic N) is 1. The Morgan fingerprint density at radius 2 is 2.05 bits per heavy atom. The summed E-state index contributed by atoms with van der Waals surface area (Å²) < 4.78 is 14.0. The molecule has 1 saturated heterocycles. The fourth-order valence-corrected chi connectivity index (χ4v) is 3.77. The van der Waals surface area contributed by atoms with E-state index < -0.39 is 0 Å². The number of piperidine rings is 1. The summed E-state index contributed by atoms with van der Waals surface area (Å²) in [7, 11) is 0. The van der Waals surface area contributed by atoms with Gasteiger partial charge in [0.2, 0.25) is 0 Å². The molecule has 0 aromatic heterocycles. The van der Waals surface area contributed by atoms with Gasteiger partial charge in [-0.15, -0.1) is 0 Å². The quantitative estimate of drug-likeness (QED) is 0.635. The van der Waals surface area contributed by atoms with Crippen molar-refractivity contribution < 1.29 is 4.39 Å². The molecule has 1 aromatic rings. The predicted molar refractivity (Wildman–Crippen MR) is 75.1 cm³/mol. The maximum Gasteiger partial charge on any atom is 0.136 e.